The number of nitrogens with zero attached hydrogens (tertiary/aromatic N) is 5. The predicted octanol–water partition coefficient (Wildman–Crippen LogP) is 4.63. The van der Waals surface area contributed by atoms with Crippen molar-refractivity contribution in [3.63, 3.8) is 0 Å². The fraction of sp³-hybridized carbons (Fsp3) is 0.125. The van der Waals surface area contributed by atoms with Gasteiger partial charge in [0.25, 0.3) is 0 Å². The Kier molecular flexibility index (Phi) is 4.56. The molecule has 0 atom stereocenters. The molecule has 6 nitrogen and oxygen atoms in total. The second-order valence-corrected chi connectivity index (χ2v) is 7.45. The number of aromatic nitrogens is 5. The van der Waals surface area contributed by atoms with E-state index in [1.165, 1.54) is 23.3 Å². The molecular weight excluding hydrogens is 378 g/mol. The van der Waals surface area contributed by atoms with Crippen LogP contribution >= 0.6 is 34.9 Å². The van der Waals surface area contributed by atoms with Crippen molar-refractivity contribution in [3.05, 3.63) is 58.5 Å². The largest absolute Gasteiger partial charge is 0.469 e. The first-order chi connectivity index (χ1) is 12.2. The Labute approximate surface area is 157 Å². The van der Waals surface area contributed by atoms with Gasteiger partial charge in [-0.25, -0.2) is 0 Å². The highest BCUT2D eigenvalue weighted by atomic mass is 35.5. The van der Waals surface area contributed by atoms with Crippen LogP contribution in [0.3, 0.4) is 0 Å². The normalized spacial score (nSPS) is 11.1. The molecule has 0 aliphatic rings. The molecule has 0 N–H and O–H groups in total. The van der Waals surface area contributed by atoms with Gasteiger partial charge in [0, 0.05) is 23.0 Å². The summed E-state index contributed by atoms with van der Waals surface area (Å²) >= 11 is 8.79. The molecule has 3 heterocycles. The van der Waals surface area contributed by atoms with Crippen LogP contribution in [0.5, 0.6) is 0 Å². The highest BCUT2D eigenvalue weighted by Crippen LogP contribution is 2.32. The summed E-state index contributed by atoms with van der Waals surface area (Å²) < 4.78 is 11.9. The van der Waals surface area contributed by atoms with Crippen LogP contribution in [-0.2, 0) is 5.75 Å². The zero-order valence-corrected chi connectivity index (χ0v) is 15.5. The molecule has 0 amide bonds. The lowest BCUT2D eigenvalue weighted by Gasteiger charge is -2.09. The van der Waals surface area contributed by atoms with Crippen LogP contribution in [0.25, 0.3) is 17.1 Å². The van der Waals surface area contributed by atoms with Gasteiger partial charge in [0.15, 0.2) is 11.0 Å². The number of para-hydroxylation sites is 1. The lowest BCUT2D eigenvalue weighted by atomic mass is 10.2. The van der Waals surface area contributed by atoms with E-state index < -0.39 is 0 Å². The summed E-state index contributed by atoms with van der Waals surface area (Å²) in [5.41, 5.74) is 2.64. The van der Waals surface area contributed by atoms with E-state index in [4.69, 9.17) is 16.0 Å². The van der Waals surface area contributed by atoms with E-state index >= 15 is 0 Å². The molecule has 4 rings (SSSR count). The van der Waals surface area contributed by atoms with Crippen LogP contribution in [0.15, 0.2) is 52.2 Å². The molecule has 3 aromatic heterocycles. The molecule has 0 unspecified atom stereocenters. The Morgan fingerprint density at radius 2 is 2.00 bits per heavy atom. The fourth-order valence-electron chi connectivity index (χ4n) is 2.38. The lowest BCUT2D eigenvalue weighted by Crippen LogP contribution is -1.99. The van der Waals surface area contributed by atoms with Crippen LogP contribution in [-0.4, -0.2) is 24.4 Å². The quantitative estimate of drug-likeness (QED) is 0.463. The average molecular weight is 390 g/mol. The number of halogens is 1. The van der Waals surface area contributed by atoms with Crippen molar-refractivity contribution in [2.24, 2.45) is 0 Å². The number of thioether (sulfide) groups is 1. The Hall–Kier alpha value is -2.16. The Morgan fingerprint density at radius 3 is 2.68 bits per heavy atom. The minimum Gasteiger partial charge on any atom is -0.469 e. The molecule has 0 fully saturated rings. The summed E-state index contributed by atoms with van der Waals surface area (Å²) in [4.78, 5) is 0. The fourth-order valence-corrected chi connectivity index (χ4v) is 4.07. The van der Waals surface area contributed by atoms with Crippen molar-refractivity contribution in [2.75, 3.05) is 0 Å². The maximum absolute atomic E-state index is 6.09. The Morgan fingerprint density at radius 1 is 1.16 bits per heavy atom. The van der Waals surface area contributed by atoms with Crippen molar-refractivity contribution in [1.29, 1.82) is 0 Å². The van der Waals surface area contributed by atoms with Crippen molar-refractivity contribution in [2.45, 2.75) is 17.8 Å². The third-order valence-electron chi connectivity index (χ3n) is 3.59. The summed E-state index contributed by atoms with van der Waals surface area (Å²) in [7, 11) is 0. The summed E-state index contributed by atoms with van der Waals surface area (Å²) in [5, 5.41) is 13.6. The van der Waals surface area contributed by atoms with E-state index in [0.717, 1.165) is 33.7 Å². The van der Waals surface area contributed by atoms with E-state index in [1.54, 1.807) is 6.26 Å². The number of hydrogen-bond donors (Lipinski definition) is 0. The molecule has 0 radical (unpaired) electrons. The van der Waals surface area contributed by atoms with Gasteiger partial charge in [0.2, 0.25) is 0 Å². The predicted molar refractivity (Wildman–Crippen MR) is 98.3 cm³/mol. The van der Waals surface area contributed by atoms with Crippen molar-refractivity contribution < 1.29 is 4.42 Å². The maximum Gasteiger partial charge on any atom is 0.196 e. The van der Waals surface area contributed by atoms with E-state index in [-0.39, 0.29) is 0 Å². The molecule has 0 aliphatic carbocycles. The third-order valence-corrected chi connectivity index (χ3v) is 5.52. The number of furan rings is 1. The number of benzene rings is 1. The molecule has 1 aromatic carbocycles. The zero-order valence-electron chi connectivity index (χ0n) is 13.1. The molecule has 4 aromatic rings. The summed E-state index contributed by atoms with van der Waals surface area (Å²) in [5.74, 6) is 2.11. The van der Waals surface area contributed by atoms with Gasteiger partial charge >= 0.3 is 0 Å². The van der Waals surface area contributed by atoms with Crippen LogP contribution in [0.4, 0.5) is 0 Å². The molecule has 0 saturated heterocycles. The molecular formula is C16H12ClN5OS2. The van der Waals surface area contributed by atoms with Gasteiger partial charge in [-0.1, -0.05) is 46.1 Å². The average Bonchev–Trinajstić information content (AvgIpc) is 3.33. The maximum atomic E-state index is 6.09. The standard InChI is InChI=1S/C16H12ClN5OS2/c1-10-12(7-8-23-10)15-19-20-16(22(15)11-5-3-2-4-6-11)24-9-13-14(17)25-21-18-13/h2-8H,9H2,1H3. The SMILES string of the molecule is Cc1occc1-c1nnc(SCc2nnsc2Cl)n1-c1ccccc1. The second kappa shape index (κ2) is 6.99. The monoisotopic (exact) mass is 389 g/mol. The summed E-state index contributed by atoms with van der Waals surface area (Å²) in [6.45, 7) is 1.91. The van der Waals surface area contributed by atoms with Gasteiger partial charge in [0.05, 0.1) is 11.8 Å². The van der Waals surface area contributed by atoms with Crippen LogP contribution < -0.4 is 0 Å². The topological polar surface area (TPSA) is 69.6 Å². The van der Waals surface area contributed by atoms with Gasteiger partial charge in [-0.15, -0.1) is 15.3 Å². The second-order valence-electron chi connectivity index (χ2n) is 5.15. The van der Waals surface area contributed by atoms with Crippen LogP contribution in [0, 0.1) is 6.92 Å². The van der Waals surface area contributed by atoms with Gasteiger partial charge < -0.3 is 4.42 Å². The van der Waals surface area contributed by atoms with Gasteiger partial charge in [-0.2, -0.15) is 0 Å². The van der Waals surface area contributed by atoms with Gasteiger partial charge in [-0.3, -0.25) is 4.57 Å². The third kappa shape index (κ3) is 3.20. The number of hydrogen-bond acceptors (Lipinski definition) is 7. The zero-order chi connectivity index (χ0) is 17.2. The van der Waals surface area contributed by atoms with Gasteiger partial charge in [-0.05, 0) is 25.1 Å². The van der Waals surface area contributed by atoms with Crippen LogP contribution in [0.1, 0.15) is 11.5 Å². The minimum atomic E-state index is 0.574. The van der Waals surface area contributed by atoms with E-state index in [0.29, 0.717) is 10.1 Å². The smallest absolute Gasteiger partial charge is 0.196 e. The van der Waals surface area contributed by atoms with Crippen LogP contribution in [0.2, 0.25) is 4.34 Å². The number of aryl methyl sites for hydroxylation is 1. The van der Waals surface area contributed by atoms with Crippen molar-refractivity contribution >= 4 is 34.9 Å². The molecule has 25 heavy (non-hydrogen) atoms. The Balaban J connectivity index is 1.75. The summed E-state index contributed by atoms with van der Waals surface area (Å²) in [6, 6.07) is 11.9. The highest BCUT2D eigenvalue weighted by molar-refractivity contribution is 7.98. The molecule has 0 aliphatic heterocycles. The first-order valence-corrected chi connectivity index (χ1v) is 9.52. The first-order valence-electron chi connectivity index (χ1n) is 7.39. The highest BCUT2D eigenvalue weighted by Gasteiger charge is 2.19. The van der Waals surface area contributed by atoms with E-state index in [9.17, 15) is 0 Å². The first kappa shape index (κ1) is 16.3. The van der Waals surface area contributed by atoms with Crippen molar-refractivity contribution in [1.82, 2.24) is 24.4 Å². The molecule has 0 bridgehead atoms. The van der Waals surface area contributed by atoms with E-state index in [2.05, 4.69) is 19.8 Å². The molecule has 0 saturated carbocycles. The summed E-state index contributed by atoms with van der Waals surface area (Å²) in [6.07, 6.45) is 1.65. The van der Waals surface area contributed by atoms with Gasteiger partial charge in [0.1, 0.15) is 15.8 Å². The molecule has 9 heteroatoms. The molecule has 126 valence electrons. The van der Waals surface area contributed by atoms with Crippen molar-refractivity contribution in [3.8, 4) is 17.1 Å². The molecule has 0 spiro atoms. The van der Waals surface area contributed by atoms with E-state index in [1.807, 2.05) is 47.9 Å². The lowest BCUT2D eigenvalue weighted by molar-refractivity contribution is 0.535. The Bertz CT molecular complexity index is 995. The number of rotatable bonds is 5. The minimum absolute atomic E-state index is 0.574.